The largest absolute Gasteiger partial charge is 0.440 e. The fraction of sp³-hybridized carbons (Fsp3) is 0.522. The number of benzene rings is 3. The minimum atomic E-state index is -0.614. The third-order valence-corrected chi connectivity index (χ3v) is 14.6. The van der Waals surface area contributed by atoms with Gasteiger partial charge in [-0.15, -0.1) is 0 Å². The summed E-state index contributed by atoms with van der Waals surface area (Å²) in [5, 5.41) is 11.1. The van der Waals surface area contributed by atoms with E-state index in [1.165, 1.54) is 24.8 Å². The Morgan fingerprint density at radius 1 is 0.922 bits per heavy atom. The highest BCUT2D eigenvalue weighted by Crippen LogP contribution is 2.64. The second-order valence-electron chi connectivity index (χ2n) is 17.6. The van der Waals surface area contributed by atoms with E-state index in [2.05, 4.69) is 69.0 Å². The number of amides is 1. The summed E-state index contributed by atoms with van der Waals surface area (Å²) in [5.41, 5.74) is 6.03. The minimum Gasteiger partial charge on any atom is -0.440 e. The first-order valence-electron chi connectivity index (χ1n) is 19.6. The normalized spacial score (nSPS) is 32.9. The standard InChI is InChI=1S/C46H55NO4/c1-30-11-10-23-45(4)40(22-24-46(45)29-47(43(50)51-46)28-33-18-19-34-27-41(33)44(34,2)3)37-21-17-31(25-35(48)20-16-30)26-39(37)42(49)38-15-9-8-14-36(38)32-12-6-5-7-13-32/h5-9,11-15,17,21,26,33-35,40-41,48H,10,16,18-20,22-25,27-29H2,1-4H3/t33-,34-,35-,40-,41-,45-,46+/m0/s1. The van der Waals surface area contributed by atoms with E-state index in [-0.39, 0.29) is 23.2 Å². The van der Waals surface area contributed by atoms with Crippen LogP contribution >= 0.6 is 0 Å². The molecule has 51 heavy (non-hydrogen) atoms. The van der Waals surface area contributed by atoms with Crippen LogP contribution in [0.3, 0.4) is 0 Å². The first kappa shape index (κ1) is 34.4. The van der Waals surface area contributed by atoms with Gasteiger partial charge in [0, 0.05) is 23.1 Å². The molecule has 1 spiro atoms. The molecular formula is C46H55NO4. The summed E-state index contributed by atoms with van der Waals surface area (Å²) in [7, 11) is 0. The molecule has 7 atom stereocenters. The van der Waals surface area contributed by atoms with Crippen molar-refractivity contribution < 1.29 is 19.4 Å². The van der Waals surface area contributed by atoms with Gasteiger partial charge in [-0.25, -0.2) is 4.79 Å². The lowest BCUT2D eigenvalue weighted by Crippen LogP contribution is -2.55. The third kappa shape index (κ3) is 5.88. The van der Waals surface area contributed by atoms with Gasteiger partial charge in [0.15, 0.2) is 5.78 Å². The number of hydrogen-bond donors (Lipinski definition) is 1. The Balaban J connectivity index is 1.18. The average molecular weight is 686 g/mol. The highest BCUT2D eigenvalue weighted by atomic mass is 16.6. The number of aliphatic hydroxyl groups is 1. The molecule has 1 N–H and O–H groups in total. The molecule has 1 amide bonds. The molecule has 1 saturated heterocycles. The van der Waals surface area contributed by atoms with Crippen molar-refractivity contribution in [2.45, 2.75) is 110 Å². The highest BCUT2D eigenvalue weighted by molar-refractivity contribution is 6.13. The molecule has 10 rings (SSSR count). The summed E-state index contributed by atoms with van der Waals surface area (Å²) >= 11 is 0. The van der Waals surface area contributed by atoms with Gasteiger partial charge in [0.25, 0.3) is 0 Å². The van der Waals surface area contributed by atoms with E-state index in [9.17, 15) is 14.7 Å². The van der Waals surface area contributed by atoms with Crippen molar-refractivity contribution >= 4 is 11.9 Å². The number of nitrogens with zero attached hydrogens (tertiary/aromatic N) is 1. The zero-order valence-corrected chi connectivity index (χ0v) is 31.0. The number of fused-ring (bicyclic) bond motifs is 10. The third-order valence-electron chi connectivity index (χ3n) is 14.6. The van der Waals surface area contributed by atoms with E-state index >= 15 is 0 Å². The molecule has 5 nitrogen and oxygen atoms in total. The first-order chi connectivity index (χ1) is 24.5. The van der Waals surface area contributed by atoms with Crippen molar-refractivity contribution in [3.05, 3.63) is 107 Å². The number of carbonyl (C=O) groups excluding carboxylic acids is 2. The molecule has 5 heteroatoms. The quantitative estimate of drug-likeness (QED) is 0.214. The van der Waals surface area contributed by atoms with Crippen molar-refractivity contribution in [1.29, 1.82) is 0 Å². The average Bonchev–Trinajstić information content (AvgIpc) is 3.60. The monoisotopic (exact) mass is 685 g/mol. The fourth-order valence-corrected chi connectivity index (χ4v) is 11.3. The summed E-state index contributed by atoms with van der Waals surface area (Å²) < 4.78 is 6.70. The van der Waals surface area contributed by atoms with Gasteiger partial charge < -0.3 is 14.7 Å². The van der Waals surface area contributed by atoms with Crippen LogP contribution in [0.4, 0.5) is 4.79 Å². The van der Waals surface area contributed by atoms with Crippen LogP contribution in [0.5, 0.6) is 0 Å². The molecular weight excluding hydrogens is 631 g/mol. The summed E-state index contributed by atoms with van der Waals surface area (Å²) in [6.07, 6.45) is 10.9. The van der Waals surface area contributed by atoms with Gasteiger partial charge in [-0.1, -0.05) is 99.2 Å². The number of ether oxygens (including phenoxy) is 1. The Morgan fingerprint density at radius 3 is 2.49 bits per heavy atom. The van der Waals surface area contributed by atoms with Crippen LogP contribution in [0.2, 0.25) is 0 Å². The number of ketones is 1. The van der Waals surface area contributed by atoms with E-state index in [0.29, 0.717) is 47.8 Å². The Kier molecular flexibility index (Phi) is 8.81. The first-order valence-corrected chi connectivity index (χ1v) is 19.6. The Labute approximate surface area is 304 Å². The number of allylic oxidation sites excluding steroid dienone is 2. The van der Waals surface area contributed by atoms with Gasteiger partial charge in [-0.2, -0.15) is 0 Å². The van der Waals surface area contributed by atoms with Gasteiger partial charge in [-0.05, 0) is 129 Å². The lowest BCUT2D eigenvalue weighted by atomic mass is 9.45. The fourth-order valence-electron chi connectivity index (χ4n) is 11.3. The van der Waals surface area contributed by atoms with Gasteiger partial charge in [-0.3, -0.25) is 4.79 Å². The molecule has 4 bridgehead atoms. The molecule has 6 aliphatic carbocycles. The highest BCUT2D eigenvalue weighted by Gasteiger charge is 2.64. The van der Waals surface area contributed by atoms with Crippen LogP contribution in [0.15, 0.2) is 84.4 Å². The zero-order valence-electron chi connectivity index (χ0n) is 31.0. The predicted octanol–water partition coefficient (Wildman–Crippen LogP) is 10.2. The molecule has 1 heterocycles. The Morgan fingerprint density at radius 2 is 1.71 bits per heavy atom. The predicted molar refractivity (Wildman–Crippen MR) is 203 cm³/mol. The summed E-state index contributed by atoms with van der Waals surface area (Å²) in [6.45, 7) is 10.8. The van der Waals surface area contributed by atoms with Crippen LogP contribution in [-0.2, 0) is 11.2 Å². The molecule has 0 unspecified atom stereocenters. The second kappa shape index (κ2) is 13.1. The summed E-state index contributed by atoms with van der Waals surface area (Å²) in [4.78, 5) is 30.9. The maximum absolute atomic E-state index is 15.0. The van der Waals surface area contributed by atoms with Crippen molar-refractivity contribution in [1.82, 2.24) is 4.90 Å². The van der Waals surface area contributed by atoms with E-state index in [1.807, 2.05) is 42.5 Å². The maximum atomic E-state index is 15.0. The van der Waals surface area contributed by atoms with Crippen LogP contribution < -0.4 is 0 Å². The van der Waals surface area contributed by atoms with Gasteiger partial charge in [0.1, 0.15) is 5.60 Å². The maximum Gasteiger partial charge on any atom is 0.410 e. The van der Waals surface area contributed by atoms with Crippen LogP contribution in [0.1, 0.15) is 118 Å². The van der Waals surface area contributed by atoms with Crippen molar-refractivity contribution in [3.63, 3.8) is 0 Å². The number of aliphatic hydroxyl groups excluding tert-OH is 1. The molecule has 7 aliphatic rings. The smallest absolute Gasteiger partial charge is 0.410 e. The van der Waals surface area contributed by atoms with E-state index in [1.54, 1.807) is 0 Å². The van der Waals surface area contributed by atoms with E-state index in [4.69, 9.17) is 4.74 Å². The van der Waals surface area contributed by atoms with E-state index < -0.39 is 11.7 Å². The zero-order chi connectivity index (χ0) is 35.5. The second-order valence-corrected chi connectivity index (χ2v) is 17.6. The van der Waals surface area contributed by atoms with Crippen molar-refractivity contribution in [3.8, 4) is 11.1 Å². The van der Waals surface area contributed by atoms with Gasteiger partial charge in [0.2, 0.25) is 0 Å². The van der Waals surface area contributed by atoms with Gasteiger partial charge >= 0.3 is 6.09 Å². The Bertz CT molecular complexity index is 1840. The summed E-state index contributed by atoms with van der Waals surface area (Å²) in [6, 6.07) is 24.4. The lowest BCUT2D eigenvalue weighted by Gasteiger charge is -2.60. The van der Waals surface area contributed by atoms with Crippen LogP contribution in [-0.4, -0.2) is 46.7 Å². The molecule has 0 aromatic heterocycles. The number of hydrogen-bond acceptors (Lipinski definition) is 4. The summed E-state index contributed by atoms with van der Waals surface area (Å²) in [5.74, 6) is 2.08. The minimum absolute atomic E-state index is 0.00989. The Hall–Kier alpha value is -3.70. The topological polar surface area (TPSA) is 66.8 Å². The van der Waals surface area contributed by atoms with E-state index in [0.717, 1.165) is 66.8 Å². The SMILES string of the molecule is CC1=CCC[C@@]2(C)[C@@H](CC[C@@]23CN(C[C@@H]2CC[C@H]4C[C@@H]2C4(C)C)C(=O)O3)c2ccc(cc2C(=O)c2ccccc2-c2ccccc2)C[C@@H](O)CC1. The lowest BCUT2D eigenvalue weighted by molar-refractivity contribution is -0.109. The molecule has 3 aromatic rings. The van der Waals surface area contributed by atoms with Crippen LogP contribution in [0.25, 0.3) is 11.1 Å². The van der Waals surface area contributed by atoms with Crippen molar-refractivity contribution in [2.24, 2.45) is 28.6 Å². The molecule has 1 aliphatic heterocycles. The number of carbonyl (C=O) groups is 2. The molecule has 4 saturated carbocycles. The molecule has 3 aromatic carbocycles. The molecule has 0 radical (unpaired) electrons. The van der Waals surface area contributed by atoms with Gasteiger partial charge in [0.05, 0.1) is 12.6 Å². The number of rotatable bonds is 5. The molecule has 268 valence electrons. The molecule has 5 fully saturated rings. The van der Waals surface area contributed by atoms with Crippen LogP contribution in [0, 0.1) is 28.6 Å². The van der Waals surface area contributed by atoms with Crippen molar-refractivity contribution in [2.75, 3.05) is 13.1 Å².